The SMILES string of the molecule is CN(C)c1ccc(NC(=O)NCC[C@H](O)C(=O)O)cc1. The Balaban J connectivity index is 2.37. The largest absolute Gasteiger partial charge is 0.479 e. The molecule has 0 aliphatic rings. The van der Waals surface area contributed by atoms with Crippen molar-refractivity contribution in [1.29, 1.82) is 0 Å². The minimum absolute atomic E-state index is 0.0394. The number of hydrogen-bond acceptors (Lipinski definition) is 4. The molecule has 20 heavy (non-hydrogen) atoms. The van der Waals surface area contributed by atoms with E-state index in [0.29, 0.717) is 5.69 Å². The third-order valence-electron chi connectivity index (χ3n) is 2.63. The van der Waals surface area contributed by atoms with Gasteiger partial charge in [0.2, 0.25) is 0 Å². The number of anilines is 2. The zero-order chi connectivity index (χ0) is 15.1. The minimum Gasteiger partial charge on any atom is -0.479 e. The fourth-order valence-corrected chi connectivity index (χ4v) is 1.46. The van der Waals surface area contributed by atoms with E-state index in [0.717, 1.165) is 5.69 Å². The van der Waals surface area contributed by atoms with Gasteiger partial charge in [-0.05, 0) is 24.3 Å². The van der Waals surface area contributed by atoms with Gasteiger partial charge in [-0.1, -0.05) is 0 Å². The molecular weight excluding hydrogens is 262 g/mol. The van der Waals surface area contributed by atoms with Crippen LogP contribution in [-0.4, -0.2) is 49.0 Å². The number of amides is 2. The molecule has 0 bridgehead atoms. The predicted octanol–water partition coefficient (Wildman–Crippen LogP) is 0.710. The molecule has 4 N–H and O–H groups in total. The maximum atomic E-state index is 11.5. The van der Waals surface area contributed by atoms with E-state index < -0.39 is 18.1 Å². The van der Waals surface area contributed by atoms with Crippen LogP contribution in [0.2, 0.25) is 0 Å². The maximum Gasteiger partial charge on any atom is 0.332 e. The summed E-state index contributed by atoms with van der Waals surface area (Å²) in [6.07, 6.45) is -1.50. The number of nitrogens with one attached hydrogen (secondary N) is 2. The number of aliphatic hydroxyl groups is 1. The molecule has 1 aromatic rings. The number of carboxylic acids is 1. The highest BCUT2D eigenvalue weighted by molar-refractivity contribution is 5.89. The van der Waals surface area contributed by atoms with Crippen molar-refractivity contribution >= 4 is 23.4 Å². The van der Waals surface area contributed by atoms with Gasteiger partial charge in [-0.2, -0.15) is 0 Å². The van der Waals surface area contributed by atoms with Crippen molar-refractivity contribution in [2.45, 2.75) is 12.5 Å². The highest BCUT2D eigenvalue weighted by atomic mass is 16.4. The van der Waals surface area contributed by atoms with Gasteiger partial charge in [0.05, 0.1) is 0 Å². The van der Waals surface area contributed by atoms with Crippen LogP contribution in [0, 0.1) is 0 Å². The van der Waals surface area contributed by atoms with Gasteiger partial charge in [0.15, 0.2) is 6.10 Å². The molecule has 0 saturated heterocycles. The fraction of sp³-hybridized carbons (Fsp3) is 0.385. The Labute approximate surface area is 117 Å². The van der Waals surface area contributed by atoms with E-state index in [2.05, 4.69) is 10.6 Å². The van der Waals surface area contributed by atoms with Crippen LogP contribution in [-0.2, 0) is 4.79 Å². The zero-order valence-corrected chi connectivity index (χ0v) is 11.5. The molecule has 0 unspecified atom stereocenters. The molecule has 1 rings (SSSR count). The lowest BCUT2D eigenvalue weighted by Gasteiger charge is -2.13. The predicted molar refractivity (Wildman–Crippen MR) is 76.1 cm³/mol. The normalized spacial score (nSPS) is 11.6. The number of carbonyl (C=O) groups excluding carboxylic acids is 1. The number of rotatable bonds is 6. The van der Waals surface area contributed by atoms with Crippen LogP contribution in [0.4, 0.5) is 16.2 Å². The number of nitrogens with zero attached hydrogens (tertiary/aromatic N) is 1. The maximum absolute atomic E-state index is 11.5. The molecule has 0 heterocycles. The summed E-state index contributed by atoms with van der Waals surface area (Å²) in [4.78, 5) is 23.8. The first-order chi connectivity index (χ1) is 9.40. The Morgan fingerprint density at radius 3 is 2.35 bits per heavy atom. The molecule has 0 spiro atoms. The van der Waals surface area contributed by atoms with Gasteiger partial charge in [-0.15, -0.1) is 0 Å². The highest BCUT2D eigenvalue weighted by Crippen LogP contribution is 2.15. The molecule has 0 aliphatic heterocycles. The standard InChI is InChI=1S/C13H19N3O4/c1-16(2)10-5-3-9(4-6-10)15-13(20)14-8-7-11(17)12(18)19/h3-6,11,17H,7-8H2,1-2H3,(H,18,19)(H2,14,15,20)/t11-/m0/s1. The lowest BCUT2D eigenvalue weighted by Crippen LogP contribution is -2.33. The van der Waals surface area contributed by atoms with Gasteiger partial charge in [-0.3, -0.25) is 0 Å². The molecule has 7 nitrogen and oxygen atoms in total. The van der Waals surface area contributed by atoms with Gasteiger partial charge in [0.1, 0.15) is 0 Å². The molecule has 1 atom stereocenters. The van der Waals surface area contributed by atoms with Crippen molar-refractivity contribution in [3.63, 3.8) is 0 Å². The number of carbonyl (C=O) groups is 2. The Morgan fingerprint density at radius 1 is 1.25 bits per heavy atom. The number of aliphatic hydroxyl groups excluding tert-OH is 1. The molecule has 1 aromatic carbocycles. The quantitative estimate of drug-likeness (QED) is 0.615. The van der Waals surface area contributed by atoms with E-state index in [9.17, 15) is 9.59 Å². The zero-order valence-electron chi connectivity index (χ0n) is 11.5. The van der Waals surface area contributed by atoms with E-state index in [-0.39, 0.29) is 13.0 Å². The number of benzene rings is 1. The number of hydrogen-bond donors (Lipinski definition) is 4. The number of urea groups is 1. The molecule has 0 fully saturated rings. The fourth-order valence-electron chi connectivity index (χ4n) is 1.46. The summed E-state index contributed by atoms with van der Waals surface area (Å²) in [6, 6.07) is 6.82. The monoisotopic (exact) mass is 281 g/mol. The summed E-state index contributed by atoms with van der Waals surface area (Å²) in [7, 11) is 3.84. The average molecular weight is 281 g/mol. The smallest absolute Gasteiger partial charge is 0.332 e. The van der Waals surface area contributed by atoms with Crippen molar-refractivity contribution in [2.24, 2.45) is 0 Å². The summed E-state index contributed by atoms with van der Waals surface area (Å²) in [5.41, 5.74) is 1.65. The van der Waals surface area contributed by atoms with Crippen molar-refractivity contribution in [3.05, 3.63) is 24.3 Å². The summed E-state index contributed by atoms with van der Waals surface area (Å²) in [5, 5.41) is 22.6. The molecule has 0 radical (unpaired) electrons. The molecule has 0 saturated carbocycles. The third kappa shape index (κ3) is 5.15. The summed E-state index contributed by atoms with van der Waals surface area (Å²) >= 11 is 0. The topological polar surface area (TPSA) is 102 Å². The van der Waals surface area contributed by atoms with Gasteiger partial charge in [0, 0.05) is 38.4 Å². The second-order valence-corrected chi connectivity index (χ2v) is 4.46. The Kier molecular flexibility index (Phi) is 5.79. The highest BCUT2D eigenvalue weighted by Gasteiger charge is 2.12. The lowest BCUT2D eigenvalue weighted by molar-refractivity contribution is -0.146. The van der Waals surface area contributed by atoms with Crippen LogP contribution < -0.4 is 15.5 Å². The number of aliphatic carboxylic acids is 1. The molecule has 0 aromatic heterocycles. The summed E-state index contributed by atoms with van der Waals surface area (Å²) in [6.45, 7) is 0.0785. The van der Waals surface area contributed by atoms with Crippen LogP contribution in [0.1, 0.15) is 6.42 Å². The molecule has 110 valence electrons. The van der Waals surface area contributed by atoms with Crippen LogP contribution in [0.25, 0.3) is 0 Å². The van der Waals surface area contributed by atoms with E-state index in [1.807, 2.05) is 31.1 Å². The molecular formula is C13H19N3O4. The van der Waals surface area contributed by atoms with Gasteiger partial charge in [-0.25, -0.2) is 9.59 Å². The van der Waals surface area contributed by atoms with Crippen LogP contribution in [0.15, 0.2) is 24.3 Å². The van der Waals surface area contributed by atoms with Crippen LogP contribution in [0.5, 0.6) is 0 Å². The average Bonchev–Trinajstić information content (AvgIpc) is 2.39. The van der Waals surface area contributed by atoms with E-state index in [1.165, 1.54) is 0 Å². The van der Waals surface area contributed by atoms with Crippen molar-refractivity contribution < 1.29 is 19.8 Å². The summed E-state index contributed by atoms with van der Waals surface area (Å²) in [5.74, 6) is -1.30. The lowest BCUT2D eigenvalue weighted by atomic mass is 10.2. The first-order valence-corrected chi connectivity index (χ1v) is 6.13. The second kappa shape index (κ2) is 7.34. The minimum atomic E-state index is -1.46. The molecule has 7 heteroatoms. The van der Waals surface area contributed by atoms with Crippen molar-refractivity contribution in [3.8, 4) is 0 Å². The van der Waals surface area contributed by atoms with Crippen LogP contribution >= 0.6 is 0 Å². The molecule has 0 aliphatic carbocycles. The Hall–Kier alpha value is -2.28. The van der Waals surface area contributed by atoms with Gasteiger partial charge < -0.3 is 25.7 Å². The van der Waals surface area contributed by atoms with E-state index >= 15 is 0 Å². The van der Waals surface area contributed by atoms with Crippen LogP contribution in [0.3, 0.4) is 0 Å². The molecule has 2 amide bonds. The van der Waals surface area contributed by atoms with E-state index in [1.54, 1.807) is 12.1 Å². The second-order valence-electron chi connectivity index (χ2n) is 4.46. The van der Waals surface area contributed by atoms with Gasteiger partial charge >= 0.3 is 12.0 Å². The van der Waals surface area contributed by atoms with Crippen molar-refractivity contribution in [1.82, 2.24) is 5.32 Å². The Bertz CT molecular complexity index is 459. The summed E-state index contributed by atoms with van der Waals surface area (Å²) < 4.78 is 0. The first kappa shape index (κ1) is 15.8. The first-order valence-electron chi connectivity index (χ1n) is 6.13. The van der Waals surface area contributed by atoms with E-state index in [4.69, 9.17) is 10.2 Å². The Morgan fingerprint density at radius 2 is 1.85 bits per heavy atom. The third-order valence-corrected chi connectivity index (χ3v) is 2.63. The van der Waals surface area contributed by atoms with Crippen molar-refractivity contribution in [2.75, 3.05) is 30.9 Å². The number of carboxylic acid groups (broad SMARTS) is 1. The van der Waals surface area contributed by atoms with Gasteiger partial charge in [0.25, 0.3) is 0 Å².